The van der Waals surface area contributed by atoms with Crippen LogP contribution in [0.25, 0.3) is 11.1 Å². The number of benzene rings is 1. The van der Waals surface area contributed by atoms with Crippen molar-refractivity contribution in [1.82, 2.24) is 9.88 Å². The molecular formula is C18H21N3O3S. The standard InChI is InChI=1S/C18H21N3O3S/c1-10-8-12(10)17(23)21-7-3-2-4-14(21)16(22)19-11-5-6-13-15(9-11)24-18(25)20-13/h5-6,9-10,12,14H,2-4,7-8H2,1H3,(H,19,22)(H,20,25)/t10-,12+,14-/m1/s1. The highest BCUT2D eigenvalue weighted by molar-refractivity contribution is 7.71. The Morgan fingerprint density at radius 1 is 1.36 bits per heavy atom. The summed E-state index contributed by atoms with van der Waals surface area (Å²) in [7, 11) is 0. The summed E-state index contributed by atoms with van der Waals surface area (Å²) >= 11 is 4.98. The number of hydrogen-bond donors (Lipinski definition) is 2. The lowest BCUT2D eigenvalue weighted by atomic mass is 10.00. The van der Waals surface area contributed by atoms with Crippen molar-refractivity contribution in [3.8, 4) is 0 Å². The molecule has 25 heavy (non-hydrogen) atoms. The van der Waals surface area contributed by atoms with Gasteiger partial charge in [-0.2, -0.15) is 0 Å². The summed E-state index contributed by atoms with van der Waals surface area (Å²) < 4.78 is 5.39. The predicted octanol–water partition coefficient (Wildman–Crippen LogP) is 3.47. The lowest BCUT2D eigenvalue weighted by molar-refractivity contribution is -0.141. The summed E-state index contributed by atoms with van der Waals surface area (Å²) in [5, 5.41) is 2.93. The van der Waals surface area contributed by atoms with Gasteiger partial charge >= 0.3 is 0 Å². The summed E-state index contributed by atoms with van der Waals surface area (Å²) in [6, 6.07) is 4.98. The number of carbonyl (C=O) groups excluding carboxylic acids is 2. The maximum Gasteiger partial charge on any atom is 0.266 e. The van der Waals surface area contributed by atoms with Gasteiger partial charge in [0.05, 0.1) is 5.52 Å². The van der Waals surface area contributed by atoms with E-state index in [0.717, 1.165) is 24.8 Å². The van der Waals surface area contributed by atoms with E-state index in [1.54, 1.807) is 17.0 Å². The number of aromatic amines is 1. The molecule has 0 bridgehead atoms. The highest BCUT2D eigenvalue weighted by atomic mass is 32.1. The number of nitrogens with zero attached hydrogens (tertiary/aromatic N) is 1. The Morgan fingerprint density at radius 3 is 2.92 bits per heavy atom. The minimum absolute atomic E-state index is 0.105. The van der Waals surface area contributed by atoms with Gasteiger partial charge in [0.25, 0.3) is 4.84 Å². The van der Waals surface area contributed by atoms with Crippen LogP contribution < -0.4 is 5.32 Å². The number of likely N-dealkylation sites (tertiary alicyclic amines) is 1. The summed E-state index contributed by atoms with van der Waals surface area (Å²) in [4.78, 5) is 30.4. The normalized spacial score (nSPS) is 25.8. The highest BCUT2D eigenvalue weighted by Crippen LogP contribution is 2.40. The smallest absolute Gasteiger partial charge is 0.266 e. The maximum atomic E-state index is 12.8. The van der Waals surface area contributed by atoms with E-state index in [9.17, 15) is 9.59 Å². The fraction of sp³-hybridized carbons (Fsp3) is 0.500. The number of nitrogens with one attached hydrogen (secondary N) is 2. The van der Waals surface area contributed by atoms with Crippen molar-refractivity contribution in [3.63, 3.8) is 0 Å². The van der Waals surface area contributed by atoms with Gasteiger partial charge in [0.1, 0.15) is 6.04 Å². The van der Waals surface area contributed by atoms with Crippen LogP contribution in [0.3, 0.4) is 0 Å². The van der Waals surface area contributed by atoms with Crippen LogP contribution in [-0.4, -0.2) is 34.3 Å². The first-order chi connectivity index (χ1) is 12.0. The summed E-state index contributed by atoms with van der Waals surface area (Å²) in [5.74, 6) is 0.561. The number of hydrogen-bond acceptors (Lipinski definition) is 4. The lowest BCUT2D eigenvalue weighted by Crippen LogP contribution is -2.50. The fourth-order valence-electron chi connectivity index (χ4n) is 3.60. The van der Waals surface area contributed by atoms with Crippen LogP contribution in [0.4, 0.5) is 5.69 Å². The fourth-order valence-corrected chi connectivity index (χ4v) is 3.80. The SMILES string of the molecule is C[C@@H]1C[C@@H]1C(=O)N1CCCC[C@@H]1C(=O)Nc1ccc2[nH]c(=S)oc2c1. The zero-order chi connectivity index (χ0) is 17.6. The van der Waals surface area contributed by atoms with Gasteiger partial charge in [0.2, 0.25) is 11.8 Å². The molecule has 7 heteroatoms. The van der Waals surface area contributed by atoms with E-state index < -0.39 is 0 Å². The first-order valence-corrected chi connectivity index (χ1v) is 9.18. The molecule has 6 nitrogen and oxygen atoms in total. The molecule has 1 aliphatic heterocycles. The van der Waals surface area contributed by atoms with E-state index in [1.165, 1.54) is 0 Å². The van der Waals surface area contributed by atoms with Crippen molar-refractivity contribution in [2.45, 2.75) is 38.6 Å². The van der Waals surface area contributed by atoms with Gasteiger partial charge in [-0.25, -0.2) is 0 Å². The van der Waals surface area contributed by atoms with E-state index in [4.69, 9.17) is 16.6 Å². The zero-order valence-corrected chi connectivity index (χ0v) is 14.9. The zero-order valence-electron chi connectivity index (χ0n) is 14.1. The molecule has 3 atom stereocenters. The van der Waals surface area contributed by atoms with Crippen LogP contribution >= 0.6 is 12.2 Å². The second kappa shape index (κ2) is 6.29. The molecule has 2 N–H and O–H groups in total. The van der Waals surface area contributed by atoms with Crippen LogP contribution in [0.1, 0.15) is 32.6 Å². The van der Waals surface area contributed by atoms with E-state index >= 15 is 0 Å². The molecule has 2 aliphatic rings. The Hall–Kier alpha value is -2.15. The van der Waals surface area contributed by atoms with Crippen molar-refractivity contribution < 1.29 is 14.0 Å². The highest BCUT2D eigenvalue weighted by Gasteiger charge is 2.44. The van der Waals surface area contributed by atoms with Crippen molar-refractivity contribution in [2.24, 2.45) is 11.8 Å². The topological polar surface area (TPSA) is 78.3 Å². The van der Waals surface area contributed by atoms with Crippen molar-refractivity contribution in [1.29, 1.82) is 0 Å². The average Bonchev–Trinajstić information content (AvgIpc) is 3.21. The van der Waals surface area contributed by atoms with Crippen LogP contribution in [0.5, 0.6) is 0 Å². The molecule has 2 aromatic rings. The van der Waals surface area contributed by atoms with Gasteiger partial charge < -0.3 is 19.6 Å². The molecule has 1 aromatic heterocycles. The average molecular weight is 359 g/mol. The Morgan fingerprint density at radius 2 is 2.16 bits per heavy atom. The third-order valence-corrected chi connectivity index (χ3v) is 5.39. The molecule has 2 heterocycles. The first-order valence-electron chi connectivity index (χ1n) is 8.77. The predicted molar refractivity (Wildman–Crippen MR) is 96.7 cm³/mol. The Labute approximate surface area is 150 Å². The number of aromatic nitrogens is 1. The first kappa shape index (κ1) is 16.3. The molecule has 0 spiro atoms. The largest absolute Gasteiger partial charge is 0.429 e. The molecule has 2 amide bonds. The summed E-state index contributed by atoms with van der Waals surface area (Å²) in [6.07, 6.45) is 3.59. The van der Waals surface area contributed by atoms with Crippen molar-refractivity contribution in [2.75, 3.05) is 11.9 Å². The Balaban J connectivity index is 1.51. The number of carbonyl (C=O) groups is 2. The number of piperidine rings is 1. The maximum absolute atomic E-state index is 12.8. The van der Waals surface area contributed by atoms with Gasteiger partial charge in [-0.05, 0) is 56.0 Å². The van der Waals surface area contributed by atoms with Gasteiger partial charge in [0, 0.05) is 24.2 Å². The molecule has 1 aromatic carbocycles. The third-order valence-electron chi connectivity index (χ3n) is 5.20. The van der Waals surface area contributed by atoms with Crippen molar-refractivity contribution >= 4 is 40.8 Å². The van der Waals surface area contributed by atoms with Crippen molar-refractivity contribution in [3.05, 3.63) is 23.0 Å². The monoisotopic (exact) mass is 359 g/mol. The molecular weight excluding hydrogens is 338 g/mol. The van der Waals surface area contributed by atoms with Crippen LogP contribution in [0, 0.1) is 16.7 Å². The van der Waals surface area contributed by atoms with E-state index in [-0.39, 0.29) is 23.8 Å². The number of anilines is 1. The molecule has 2 fully saturated rings. The van der Waals surface area contributed by atoms with Gasteiger partial charge in [-0.1, -0.05) is 6.92 Å². The molecule has 1 saturated carbocycles. The second-order valence-electron chi connectivity index (χ2n) is 7.08. The minimum Gasteiger partial charge on any atom is -0.429 e. The second-order valence-corrected chi connectivity index (χ2v) is 7.45. The van der Waals surface area contributed by atoms with Crippen LogP contribution in [0.2, 0.25) is 0 Å². The molecule has 1 aliphatic carbocycles. The lowest BCUT2D eigenvalue weighted by Gasteiger charge is -2.35. The number of amides is 2. The summed E-state index contributed by atoms with van der Waals surface area (Å²) in [6.45, 7) is 2.76. The van der Waals surface area contributed by atoms with Gasteiger partial charge in [0.15, 0.2) is 5.58 Å². The van der Waals surface area contributed by atoms with Crippen LogP contribution in [-0.2, 0) is 9.59 Å². The Bertz CT molecular complexity index is 887. The number of oxazole rings is 1. The number of rotatable bonds is 3. The minimum atomic E-state index is -0.387. The molecule has 0 unspecified atom stereocenters. The summed E-state index contributed by atoms with van der Waals surface area (Å²) in [5.41, 5.74) is 2.04. The van der Waals surface area contributed by atoms with E-state index in [2.05, 4.69) is 17.2 Å². The molecule has 132 valence electrons. The van der Waals surface area contributed by atoms with Gasteiger partial charge in [-0.3, -0.25) is 9.59 Å². The molecule has 1 saturated heterocycles. The third kappa shape index (κ3) is 3.20. The molecule has 4 rings (SSSR count). The van der Waals surface area contributed by atoms with Gasteiger partial charge in [-0.15, -0.1) is 0 Å². The van der Waals surface area contributed by atoms with E-state index in [1.807, 2.05) is 6.07 Å². The van der Waals surface area contributed by atoms with E-state index in [0.29, 0.717) is 35.0 Å². The number of H-pyrrole nitrogens is 1. The van der Waals surface area contributed by atoms with Crippen LogP contribution in [0.15, 0.2) is 22.6 Å². The molecule has 0 radical (unpaired) electrons. The number of fused-ring (bicyclic) bond motifs is 1. The Kier molecular flexibility index (Phi) is 4.11. The quantitative estimate of drug-likeness (QED) is 0.823.